The molecule has 90 valence electrons. The fourth-order valence-corrected chi connectivity index (χ4v) is 2.72. The molecule has 1 aliphatic carbocycles. The van der Waals surface area contributed by atoms with E-state index in [9.17, 15) is 0 Å². The number of aromatic nitrogens is 2. The highest BCUT2D eigenvalue weighted by Gasteiger charge is 2.31. The van der Waals surface area contributed by atoms with Gasteiger partial charge in [-0.3, -0.25) is 4.68 Å². The summed E-state index contributed by atoms with van der Waals surface area (Å²) in [5.74, 6) is 0. The van der Waals surface area contributed by atoms with E-state index in [0.29, 0.717) is 17.5 Å². The fourth-order valence-electron chi connectivity index (χ4n) is 2.72. The molecule has 0 saturated heterocycles. The lowest BCUT2D eigenvalue weighted by Crippen LogP contribution is -2.38. The van der Waals surface area contributed by atoms with Crippen molar-refractivity contribution in [2.75, 3.05) is 0 Å². The first-order chi connectivity index (χ1) is 7.55. The van der Waals surface area contributed by atoms with Gasteiger partial charge in [-0.2, -0.15) is 5.10 Å². The van der Waals surface area contributed by atoms with E-state index >= 15 is 0 Å². The molecule has 2 atom stereocenters. The van der Waals surface area contributed by atoms with Crippen molar-refractivity contribution in [3.05, 3.63) is 18.5 Å². The molecule has 1 fully saturated rings. The Bertz CT molecular complexity index is 316. The summed E-state index contributed by atoms with van der Waals surface area (Å²) in [5, 5.41) is 7.95. The molecule has 1 N–H and O–H groups in total. The van der Waals surface area contributed by atoms with Crippen LogP contribution in [0.2, 0.25) is 0 Å². The lowest BCUT2D eigenvalue weighted by Gasteiger charge is -2.21. The molecular weight excluding hydrogens is 198 g/mol. The van der Waals surface area contributed by atoms with Crippen LogP contribution in [0.3, 0.4) is 0 Å². The molecule has 3 nitrogen and oxygen atoms in total. The predicted octanol–water partition coefficient (Wildman–Crippen LogP) is 2.44. The second-order valence-corrected chi connectivity index (χ2v) is 5.90. The van der Waals surface area contributed by atoms with E-state index in [1.54, 1.807) is 0 Å². The molecule has 1 aromatic rings. The molecule has 1 saturated carbocycles. The summed E-state index contributed by atoms with van der Waals surface area (Å²) in [5.41, 5.74) is 0.531. The van der Waals surface area contributed by atoms with E-state index in [1.807, 2.05) is 23.1 Å². The summed E-state index contributed by atoms with van der Waals surface area (Å²) in [6.07, 6.45) is 7.83. The van der Waals surface area contributed by atoms with Gasteiger partial charge in [0.05, 0.1) is 6.54 Å². The van der Waals surface area contributed by atoms with E-state index in [1.165, 1.54) is 19.3 Å². The first kappa shape index (κ1) is 11.6. The SMILES string of the molecule is CC(Cn1cccn1)NC1CCC(C)(C)C1. The highest BCUT2D eigenvalue weighted by Crippen LogP contribution is 2.37. The van der Waals surface area contributed by atoms with E-state index < -0.39 is 0 Å². The van der Waals surface area contributed by atoms with Gasteiger partial charge in [0.15, 0.2) is 0 Å². The minimum atomic E-state index is 0.499. The predicted molar refractivity (Wildman–Crippen MR) is 66.2 cm³/mol. The van der Waals surface area contributed by atoms with Crippen LogP contribution in [-0.2, 0) is 6.54 Å². The van der Waals surface area contributed by atoms with E-state index in [-0.39, 0.29) is 0 Å². The van der Waals surface area contributed by atoms with Crippen molar-refractivity contribution in [3.63, 3.8) is 0 Å². The van der Waals surface area contributed by atoms with E-state index in [0.717, 1.165) is 6.54 Å². The number of rotatable bonds is 4. The van der Waals surface area contributed by atoms with Crippen molar-refractivity contribution in [3.8, 4) is 0 Å². The van der Waals surface area contributed by atoms with Crippen molar-refractivity contribution < 1.29 is 0 Å². The van der Waals surface area contributed by atoms with Gasteiger partial charge in [-0.05, 0) is 37.7 Å². The van der Waals surface area contributed by atoms with E-state index in [4.69, 9.17) is 0 Å². The zero-order valence-corrected chi connectivity index (χ0v) is 10.6. The Balaban J connectivity index is 1.78. The fraction of sp³-hybridized carbons (Fsp3) is 0.769. The molecule has 0 spiro atoms. The van der Waals surface area contributed by atoms with Crippen LogP contribution < -0.4 is 5.32 Å². The van der Waals surface area contributed by atoms with Crippen molar-refractivity contribution in [2.45, 2.75) is 58.7 Å². The molecule has 1 aromatic heterocycles. The van der Waals surface area contributed by atoms with Gasteiger partial charge < -0.3 is 5.32 Å². The van der Waals surface area contributed by atoms with Gasteiger partial charge in [0.25, 0.3) is 0 Å². The first-order valence-corrected chi connectivity index (χ1v) is 6.29. The van der Waals surface area contributed by atoms with Gasteiger partial charge in [0, 0.05) is 24.5 Å². The maximum atomic E-state index is 4.24. The highest BCUT2D eigenvalue weighted by molar-refractivity contribution is 4.88. The largest absolute Gasteiger partial charge is 0.310 e. The van der Waals surface area contributed by atoms with Crippen molar-refractivity contribution in [1.29, 1.82) is 0 Å². The Morgan fingerprint density at radius 3 is 2.94 bits per heavy atom. The lowest BCUT2D eigenvalue weighted by molar-refractivity contribution is 0.343. The molecule has 0 aromatic carbocycles. The molecule has 0 aliphatic heterocycles. The molecule has 1 heterocycles. The molecule has 3 heteroatoms. The molecule has 0 bridgehead atoms. The molecule has 16 heavy (non-hydrogen) atoms. The zero-order valence-electron chi connectivity index (χ0n) is 10.6. The summed E-state index contributed by atoms with van der Waals surface area (Å²) in [6.45, 7) is 7.94. The molecule has 2 rings (SSSR count). The summed E-state index contributed by atoms with van der Waals surface area (Å²) in [6, 6.07) is 3.17. The monoisotopic (exact) mass is 221 g/mol. The van der Waals surface area contributed by atoms with Crippen molar-refractivity contribution in [2.24, 2.45) is 5.41 Å². The minimum absolute atomic E-state index is 0.499. The van der Waals surface area contributed by atoms with Crippen LogP contribution in [-0.4, -0.2) is 21.9 Å². The smallest absolute Gasteiger partial charge is 0.0560 e. The van der Waals surface area contributed by atoms with Crippen LogP contribution in [0.5, 0.6) is 0 Å². The minimum Gasteiger partial charge on any atom is -0.310 e. The van der Waals surface area contributed by atoms with Gasteiger partial charge in [-0.15, -0.1) is 0 Å². The quantitative estimate of drug-likeness (QED) is 0.846. The van der Waals surface area contributed by atoms with Gasteiger partial charge in [0.1, 0.15) is 0 Å². The van der Waals surface area contributed by atoms with Crippen LogP contribution in [0.4, 0.5) is 0 Å². The standard InChI is InChI=1S/C13H23N3/c1-11(10-16-8-4-7-14-16)15-12-5-6-13(2,3)9-12/h4,7-8,11-12,15H,5-6,9-10H2,1-3H3. The second kappa shape index (κ2) is 4.58. The maximum absolute atomic E-state index is 4.24. The average Bonchev–Trinajstić information content (AvgIpc) is 2.76. The Labute approximate surface area is 98.2 Å². The number of hydrogen-bond acceptors (Lipinski definition) is 2. The topological polar surface area (TPSA) is 29.9 Å². The van der Waals surface area contributed by atoms with Gasteiger partial charge in [-0.25, -0.2) is 0 Å². The van der Waals surface area contributed by atoms with Crippen LogP contribution >= 0.6 is 0 Å². The first-order valence-electron chi connectivity index (χ1n) is 6.29. The number of nitrogens with zero attached hydrogens (tertiary/aromatic N) is 2. The van der Waals surface area contributed by atoms with Crippen molar-refractivity contribution >= 4 is 0 Å². The summed E-state index contributed by atoms with van der Waals surface area (Å²) in [4.78, 5) is 0. The Kier molecular flexibility index (Phi) is 3.33. The van der Waals surface area contributed by atoms with Gasteiger partial charge in [0.2, 0.25) is 0 Å². The normalized spacial score (nSPS) is 25.8. The molecular formula is C13H23N3. The van der Waals surface area contributed by atoms with Gasteiger partial charge in [-0.1, -0.05) is 13.8 Å². The van der Waals surface area contributed by atoms with E-state index in [2.05, 4.69) is 31.2 Å². The number of nitrogens with one attached hydrogen (secondary N) is 1. The van der Waals surface area contributed by atoms with Crippen LogP contribution in [0.15, 0.2) is 18.5 Å². The lowest BCUT2D eigenvalue weighted by atomic mass is 9.92. The molecule has 1 aliphatic rings. The molecule has 0 radical (unpaired) electrons. The molecule has 0 amide bonds. The highest BCUT2D eigenvalue weighted by atomic mass is 15.3. The van der Waals surface area contributed by atoms with Crippen LogP contribution in [0, 0.1) is 5.41 Å². The summed E-state index contributed by atoms with van der Waals surface area (Å²) in [7, 11) is 0. The second-order valence-electron chi connectivity index (χ2n) is 5.90. The Morgan fingerprint density at radius 1 is 1.56 bits per heavy atom. The van der Waals surface area contributed by atoms with Crippen LogP contribution in [0.25, 0.3) is 0 Å². The zero-order chi connectivity index (χ0) is 11.6. The Hall–Kier alpha value is -0.830. The third kappa shape index (κ3) is 3.08. The Morgan fingerprint density at radius 2 is 2.38 bits per heavy atom. The number of hydrogen-bond donors (Lipinski definition) is 1. The average molecular weight is 221 g/mol. The third-order valence-corrected chi connectivity index (χ3v) is 3.51. The van der Waals surface area contributed by atoms with Crippen molar-refractivity contribution in [1.82, 2.24) is 15.1 Å². The third-order valence-electron chi connectivity index (χ3n) is 3.51. The van der Waals surface area contributed by atoms with Crippen LogP contribution in [0.1, 0.15) is 40.0 Å². The maximum Gasteiger partial charge on any atom is 0.0560 e. The summed E-state index contributed by atoms with van der Waals surface area (Å²) < 4.78 is 2.00. The summed E-state index contributed by atoms with van der Waals surface area (Å²) >= 11 is 0. The van der Waals surface area contributed by atoms with Gasteiger partial charge >= 0.3 is 0 Å². The molecule has 2 unspecified atom stereocenters.